The summed E-state index contributed by atoms with van der Waals surface area (Å²) in [6.07, 6.45) is 3.01. The summed E-state index contributed by atoms with van der Waals surface area (Å²) in [4.78, 5) is 13.0. The van der Waals surface area contributed by atoms with E-state index in [-0.39, 0.29) is 5.78 Å². The standard InChI is InChI=1S/C20H21NO2/c1-4-14(2)21-13-18(17-10-5-6-11-19(17)21)20(22)15-8-7-9-16(12-15)23-3/h5-14H,4H2,1-3H3. The summed E-state index contributed by atoms with van der Waals surface area (Å²) in [5.41, 5.74) is 2.50. The van der Waals surface area contributed by atoms with E-state index in [2.05, 4.69) is 24.5 Å². The molecule has 0 aliphatic heterocycles. The van der Waals surface area contributed by atoms with Gasteiger partial charge in [0.05, 0.1) is 7.11 Å². The molecule has 23 heavy (non-hydrogen) atoms. The average molecular weight is 307 g/mol. The maximum absolute atomic E-state index is 13.0. The number of carbonyl (C=O) groups excluding carboxylic acids is 1. The van der Waals surface area contributed by atoms with Gasteiger partial charge in [0.15, 0.2) is 5.78 Å². The molecule has 3 rings (SSSR count). The summed E-state index contributed by atoms with van der Waals surface area (Å²) in [5, 5.41) is 1.00. The van der Waals surface area contributed by atoms with Gasteiger partial charge >= 0.3 is 0 Å². The average Bonchev–Trinajstić information content (AvgIpc) is 3.00. The normalized spacial score (nSPS) is 12.3. The van der Waals surface area contributed by atoms with Crippen molar-refractivity contribution in [2.24, 2.45) is 0 Å². The van der Waals surface area contributed by atoms with Gasteiger partial charge < -0.3 is 9.30 Å². The highest BCUT2D eigenvalue weighted by atomic mass is 16.5. The van der Waals surface area contributed by atoms with E-state index in [1.165, 1.54) is 0 Å². The molecule has 3 aromatic rings. The van der Waals surface area contributed by atoms with Crippen LogP contribution >= 0.6 is 0 Å². The first-order chi connectivity index (χ1) is 11.2. The van der Waals surface area contributed by atoms with Crippen molar-refractivity contribution in [3.63, 3.8) is 0 Å². The molecule has 3 heteroatoms. The van der Waals surface area contributed by atoms with Crippen LogP contribution in [0.5, 0.6) is 5.75 Å². The molecule has 1 atom stereocenters. The molecule has 0 fully saturated rings. The van der Waals surface area contributed by atoms with Gasteiger partial charge in [0, 0.05) is 34.3 Å². The summed E-state index contributed by atoms with van der Waals surface area (Å²) in [5.74, 6) is 0.726. The van der Waals surface area contributed by atoms with E-state index in [0.717, 1.165) is 22.9 Å². The Hall–Kier alpha value is -2.55. The molecule has 3 nitrogen and oxygen atoms in total. The Morgan fingerprint density at radius 2 is 1.96 bits per heavy atom. The summed E-state index contributed by atoms with van der Waals surface area (Å²) in [6, 6.07) is 15.8. The summed E-state index contributed by atoms with van der Waals surface area (Å²) in [7, 11) is 1.61. The number of fused-ring (bicyclic) bond motifs is 1. The van der Waals surface area contributed by atoms with Crippen LogP contribution in [0.2, 0.25) is 0 Å². The predicted molar refractivity (Wildman–Crippen MR) is 93.4 cm³/mol. The van der Waals surface area contributed by atoms with Crippen molar-refractivity contribution in [3.05, 3.63) is 65.9 Å². The van der Waals surface area contributed by atoms with Crippen molar-refractivity contribution in [2.75, 3.05) is 7.11 Å². The topological polar surface area (TPSA) is 31.2 Å². The lowest BCUT2D eigenvalue weighted by molar-refractivity contribution is 0.103. The Bertz CT molecular complexity index is 848. The van der Waals surface area contributed by atoms with Crippen molar-refractivity contribution >= 4 is 16.7 Å². The highest BCUT2D eigenvalue weighted by Crippen LogP contribution is 2.28. The Kier molecular flexibility index (Phi) is 4.20. The fraction of sp³-hybridized carbons (Fsp3) is 0.250. The van der Waals surface area contributed by atoms with Gasteiger partial charge in [0.25, 0.3) is 0 Å². The van der Waals surface area contributed by atoms with E-state index >= 15 is 0 Å². The molecule has 0 saturated carbocycles. The van der Waals surface area contributed by atoms with Gasteiger partial charge in [0.1, 0.15) is 5.75 Å². The number of carbonyl (C=O) groups is 1. The van der Waals surface area contributed by atoms with Gasteiger partial charge in [0.2, 0.25) is 0 Å². The Morgan fingerprint density at radius 3 is 2.70 bits per heavy atom. The fourth-order valence-corrected chi connectivity index (χ4v) is 2.87. The second-order valence-electron chi connectivity index (χ2n) is 5.79. The SMILES string of the molecule is CCC(C)n1cc(C(=O)c2cccc(OC)c2)c2ccccc21. The second kappa shape index (κ2) is 6.29. The number of ketones is 1. The summed E-state index contributed by atoms with van der Waals surface area (Å²) >= 11 is 0. The lowest BCUT2D eigenvalue weighted by Gasteiger charge is -2.12. The Balaban J connectivity index is 2.13. The van der Waals surface area contributed by atoms with Crippen LogP contribution in [-0.2, 0) is 0 Å². The molecule has 1 aromatic heterocycles. The predicted octanol–water partition coefficient (Wildman–Crippen LogP) is 4.85. The minimum atomic E-state index is 0.0298. The van der Waals surface area contributed by atoms with Gasteiger partial charge in [-0.25, -0.2) is 0 Å². The molecular formula is C20H21NO2. The lowest BCUT2D eigenvalue weighted by atomic mass is 10.0. The van der Waals surface area contributed by atoms with Crippen LogP contribution in [0.15, 0.2) is 54.7 Å². The number of hydrogen-bond donors (Lipinski definition) is 0. The number of rotatable bonds is 5. The minimum Gasteiger partial charge on any atom is -0.497 e. The van der Waals surface area contributed by atoms with E-state index in [0.29, 0.717) is 17.4 Å². The monoisotopic (exact) mass is 307 g/mol. The van der Waals surface area contributed by atoms with Crippen LogP contribution in [0.25, 0.3) is 10.9 Å². The van der Waals surface area contributed by atoms with Crippen LogP contribution in [-0.4, -0.2) is 17.5 Å². The molecular weight excluding hydrogens is 286 g/mol. The number of hydrogen-bond acceptors (Lipinski definition) is 2. The van der Waals surface area contributed by atoms with Crippen molar-refractivity contribution in [1.82, 2.24) is 4.57 Å². The van der Waals surface area contributed by atoms with Crippen LogP contribution in [0.4, 0.5) is 0 Å². The zero-order valence-corrected chi connectivity index (χ0v) is 13.7. The molecule has 118 valence electrons. The number of ether oxygens (including phenoxy) is 1. The van der Waals surface area contributed by atoms with E-state index in [1.54, 1.807) is 13.2 Å². The van der Waals surface area contributed by atoms with Crippen LogP contribution in [0.3, 0.4) is 0 Å². The first-order valence-electron chi connectivity index (χ1n) is 7.94. The number of nitrogens with zero attached hydrogens (tertiary/aromatic N) is 1. The number of benzene rings is 2. The molecule has 2 aromatic carbocycles. The quantitative estimate of drug-likeness (QED) is 0.631. The third kappa shape index (κ3) is 2.74. The van der Waals surface area contributed by atoms with Gasteiger partial charge in [-0.05, 0) is 31.5 Å². The van der Waals surface area contributed by atoms with Gasteiger partial charge in [-0.2, -0.15) is 0 Å². The Morgan fingerprint density at radius 1 is 1.17 bits per heavy atom. The van der Waals surface area contributed by atoms with Crippen LogP contribution < -0.4 is 4.74 Å². The first kappa shape index (κ1) is 15.3. The first-order valence-corrected chi connectivity index (χ1v) is 7.94. The molecule has 1 heterocycles. The van der Waals surface area contributed by atoms with E-state index < -0.39 is 0 Å². The summed E-state index contributed by atoms with van der Waals surface area (Å²) in [6.45, 7) is 4.33. The van der Waals surface area contributed by atoms with Crippen molar-refractivity contribution in [2.45, 2.75) is 26.3 Å². The fourth-order valence-electron chi connectivity index (χ4n) is 2.87. The third-order valence-electron chi connectivity index (χ3n) is 4.38. The third-order valence-corrected chi connectivity index (χ3v) is 4.38. The molecule has 0 spiro atoms. The van der Waals surface area contributed by atoms with Crippen LogP contribution in [0, 0.1) is 0 Å². The highest BCUT2D eigenvalue weighted by Gasteiger charge is 2.18. The van der Waals surface area contributed by atoms with Gasteiger partial charge in [-0.3, -0.25) is 4.79 Å². The van der Waals surface area contributed by atoms with Crippen molar-refractivity contribution in [3.8, 4) is 5.75 Å². The summed E-state index contributed by atoms with van der Waals surface area (Å²) < 4.78 is 7.43. The van der Waals surface area contributed by atoms with E-state index in [1.807, 2.05) is 42.6 Å². The molecule has 0 N–H and O–H groups in total. The maximum atomic E-state index is 13.0. The minimum absolute atomic E-state index is 0.0298. The van der Waals surface area contributed by atoms with Crippen molar-refractivity contribution < 1.29 is 9.53 Å². The molecule has 1 unspecified atom stereocenters. The van der Waals surface area contributed by atoms with Gasteiger partial charge in [-0.15, -0.1) is 0 Å². The molecule has 0 bridgehead atoms. The van der Waals surface area contributed by atoms with Crippen LogP contribution in [0.1, 0.15) is 42.2 Å². The second-order valence-corrected chi connectivity index (χ2v) is 5.79. The molecule has 0 aliphatic rings. The number of aromatic nitrogens is 1. The zero-order valence-electron chi connectivity index (χ0n) is 13.7. The molecule has 0 saturated heterocycles. The smallest absolute Gasteiger partial charge is 0.195 e. The Labute approximate surface area is 136 Å². The molecule has 0 aliphatic carbocycles. The van der Waals surface area contributed by atoms with E-state index in [9.17, 15) is 4.79 Å². The van der Waals surface area contributed by atoms with E-state index in [4.69, 9.17) is 4.74 Å². The zero-order chi connectivity index (χ0) is 16.4. The lowest BCUT2D eigenvalue weighted by Crippen LogP contribution is -2.03. The molecule has 0 amide bonds. The van der Waals surface area contributed by atoms with Crippen molar-refractivity contribution in [1.29, 1.82) is 0 Å². The molecule has 0 radical (unpaired) electrons. The van der Waals surface area contributed by atoms with Gasteiger partial charge in [-0.1, -0.05) is 37.3 Å². The number of methoxy groups -OCH3 is 1. The highest BCUT2D eigenvalue weighted by molar-refractivity contribution is 6.16. The maximum Gasteiger partial charge on any atom is 0.195 e. The number of para-hydroxylation sites is 1. The largest absolute Gasteiger partial charge is 0.497 e.